The molecule has 0 saturated carbocycles. The van der Waals surface area contributed by atoms with Gasteiger partial charge in [-0.15, -0.1) is 0 Å². The lowest BCUT2D eigenvalue weighted by Gasteiger charge is -2.19. The van der Waals surface area contributed by atoms with Crippen molar-refractivity contribution in [2.45, 2.75) is 25.4 Å². The first-order chi connectivity index (χ1) is 7.70. The predicted molar refractivity (Wildman–Crippen MR) is 68.2 cm³/mol. The molecule has 16 heavy (non-hydrogen) atoms. The van der Waals surface area contributed by atoms with Crippen LogP contribution in [0, 0.1) is 11.3 Å². The zero-order valence-electron chi connectivity index (χ0n) is 8.79. The van der Waals surface area contributed by atoms with E-state index in [1.165, 1.54) is 0 Å². The molecule has 1 atom stereocenters. The molecule has 2 nitrogen and oxygen atoms in total. The van der Waals surface area contributed by atoms with Crippen LogP contribution in [0.4, 0.5) is 0 Å². The topological polar surface area (TPSA) is 27.0 Å². The number of hydrogen-bond donors (Lipinski definition) is 0. The van der Waals surface area contributed by atoms with E-state index in [-0.39, 0.29) is 6.04 Å². The Morgan fingerprint density at radius 3 is 3.06 bits per heavy atom. The fourth-order valence-corrected chi connectivity index (χ4v) is 2.76. The minimum absolute atomic E-state index is 0.0553. The van der Waals surface area contributed by atoms with Crippen LogP contribution in [-0.2, 0) is 6.54 Å². The molecule has 2 rings (SSSR count). The molecule has 1 aliphatic rings. The summed E-state index contributed by atoms with van der Waals surface area (Å²) in [6.07, 6.45) is 2.08. The van der Waals surface area contributed by atoms with Crippen LogP contribution in [0.5, 0.6) is 0 Å². The van der Waals surface area contributed by atoms with Gasteiger partial charge in [-0.05, 0) is 37.1 Å². The van der Waals surface area contributed by atoms with E-state index in [0.29, 0.717) is 0 Å². The maximum absolute atomic E-state index is 9.00. The quantitative estimate of drug-likeness (QED) is 0.834. The molecule has 0 spiro atoms. The number of nitriles is 1. The Morgan fingerprint density at radius 1 is 1.56 bits per heavy atom. The summed E-state index contributed by atoms with van der Waals surface area (Å²) in [5, 5.41) is 9.76. The van der Waals surface area contributed by atoms with Crippen LogP contribution in [0.1, 0.15) is 18.4 Å². The summed E-state index contributed by atoms with van der Waals surface area (Å²) in [5.74, 6) is 0. The predicted octanol–water partition coefficient (Wildman–Crippen LogP) is 3.59. The van der Waals surface area contributed by atoms with Gasteiger partial charge < -0.3 is 0 Å². The van der Waals surface area contributed by atoms with E-state index >= 15 is 0 Å². The number of likely N-dealkylation sites (tertiary alicyclic amines) is 1. The third-order valence-electron chi connectivity index (χ3n) is 2.90. The molecule has 84 valence electrons. The van der Waals surface area contributed by atoms with Crippen LogP contribution >= 0.6 is 27.5 Å². The summed E-state index contributed by atoms with van der Waals surface area (Å²) < 4.78 is 0.986. The van der Waals surface area contributed by atoms with Gasteiger partial charge in [-0.3, -0.25) is 4.90 Å². The molecule has 1 heterocycles. The Balaban J connectivity index is 2.12. The minimum Gasteiger partial charge on any atom is -0.284 e. The summed E-state index contributed by atoms with van der Waals surface area (Å²) in [6, 6.07) is 8.29. The zero-order chi connectivity index (χ0) is 11.5. The molecule has 0 aliphatic carbocycles. The molecule has 1 unspecified atom stereocenters. The molecule has 0 N–H and O–H groups in total. The molecule has 0 radical (unpaired) electrons. The van der Waals surface area contributed by atoms with Crippen molar-refractivity contribution in [2.75, 3.05) is 6.54 Å². The molecule has 1 aromatic rings. The van der Waals surface area contributed by atoms with Crippen molar-refractivity contribution in [1.82, 2.24) is 4.90 Å². The lowest BCUT2D eigenvalue weighted by molar-refractivity contribution is 0.286. The number of nitrogens with zero attached hydrogens (tertiary/aromatic N) is 2. The molecule has 0 amide bonds. The SMILES string of the molecule is N#CC1CCCN1Cc1ccc(Br)cc1Cl. The van der Waals surface area contributed by atoms with Gasteiger partial charge in [0.1, 0.15) is 0 Å². The molecule has 1 aliphatic heterocycles. The average Bonchev–Trinajstić information content (AvgIpc) is 2.69. The monoisotopic (exact) mass is 298 g/mol. The maximum atomic E-state index is 9.00. The first kappa shape index (κ1) is 11.9. The van der Waals surface area contributed by atoms with Crippen LogP contribution in [0.3, 0.4) is 0 Å². The lowest BCUT2D eigenvalue weighted by atomic mass is 10.2. The summed E-state index contributed by atoms with van der Waals surface area (Å²) >= 11 is 9.54. The third-order valence-corrected chi connectivity index (χ3v) is 3.75. The van der Waals surface area contributed by atoms with Crippen LogP contribution in [0.25, 0.3) is 0 Å². The van der Waals surface area contributed by atoms with E-state index in [9.17, 15) is 0 Å². The molecule has 1 saturated heterocycles. The van der Waals surface area contributed by atoms with Gasteiger partial charge in [0, 0.05) is 16.0 Å². The zero-order valence-corrected chi connectivity index (χ0v) is 11.1. The largest absolute Gasteiger partial charge is 0.284 e. The minimum atomic E-state index is 0.0553. The van der Waals surface area contributed by atoms with E-state index in [2.05, 4.69) is 26.9 Å². The van der Waals surface area contributed by atoms with Crippen LogP contribution in [-0.4, -0.2) is 17.5 Å². The van der Waals surface area contributed by atoms with Crippen molar-refractivity contribution in [1.29, 1.82) is 5.26 Å². The van der Waals surface area contributed by atoms with E-state index in [0.717, 1.165) is 41.0 Å². The highest BCUT2D eigenvalue weighted by atomic mass is 79.9. The van der Waals surface area contributed by atoms with E-state index < -0.39 is 0 Å². The summed E-state index contributed by atoms with van der Waals surface area (Å²) in [7, 11) is 0. The van der Waals surface area contributed by atoms with Gasteiger partial charge >= 0.3 is 0 Å². The van der Waals surface area contributed by atoms with Gasteiger partial charge in [-0.25, -0.2) is 0 Å². The Hall–Kier alpha value is -0.560. The Kier molecular flexibility index (Phi) is 3.86. The van der Waals surface area contributed by atoms with Gasteiger partial charge in [-0.2, -0.15) is 5.26 Å². The molecule has 1 aromatic carbocycles. The smallest absolute Gasteiger partial charge is 0.0981 e. The van der Waals surface area contributed by atoms with Crippen molar-refractivity contribution >= 4 is 27.5 Å². The highest BCUT2D eigenvalue weighted by Crippen LogP contribution is 2.25. The second kappa shape index (κ2) is 5.18. The van der Waals surface area contributed by atoms with Crippen molar-refractivity contribution in [3.05, 3.63) is 33.3 Å². The van der Waals surface area contributed by atoms with Crippen LogP contribution in [0.2, 0.25) is 5.02 Å². The van der Waals surface area contributed by atoms with Gasteiger partial charge in [0.25, 0.3) is 0 Å². The number of hydrogen-bond acceptors (Lipinski definition) is 2. The second-order valence-corrected chi connectivity index (χ2v) is 5.32. The fourth-order valence-electron chi connectivity index (χ4n) is 2.03. The van der Waals surface area contributed by atoms with Crippen molar-refractivity contribution < 1.29 is 0 Å². The molecular weight excluding hydrogens is 288 g/mol. The van der Waals surface area contributed by atoms with Crippen molar-refractivity contribution in [3.8, 4) is 6.07 Å². The van der Waals surface area contributed by atoms with Crippen molar-refractivity contribution in [2.24, 2.45) is 0 Å². The standard InChI is InChI=1S/C12H12BrClN2/c13-10-4-3-9(12(14)6-10)8-16-5-1-2-11(16)7-15/h3-4,6,11H,1-2,5,8H2. The molecule has 0 bridgehead atoms. The van der Waals surface area contributed by atoms with Crippen molar-refractivity contribution in [3.63, 3.8) is 0 Å². The summed E-state index contributed by atoms with van der Waals surface area (Å²) in [4.78, 5) is 2.19. The first-order valence-electron chi connectivity index (χ1n) is 5.28. The van der Waals surface area contributed by atoms with Gasteiger partial charge in [-0.1, -0.05) is 33.6 Å². The summed E-state index contributed by atoms with van der Waals surface area (Å²) in [5.41, 5.74) is 1.09. The first-order valence-corrected chi connectivity index (χ1v) is 6.45. The Labute approximate surface area is 109 Å². The van der Waals surface area contributed by atoms with E-state index in [4.69, 9.17) is 16.9 Å². The van der Waals surface area contributed by atoms with E-state index in [1.807, 2.05) is 18.2 Å². The molecule has 0 aromatic heterocycles. The van der Waals surface area contributed by atoms with Gasteiger partial charge in [0.15, 0.2) is 0 Å². The Morgan fingerprint density at radius 2 is 2.38 bits per heavy atom. The lowest BCUT2D eigenvalue weighted by Crippen LogP contribution is -2.27. The summed E-state index contributed by atoms with van der Waals surface area (Å²) in [6.45, 7) is 1.76. The maximum Gasteiger partial charge on any atom is 0.0981 e. The average molecular weight is 300 g/mol. The molecule has 1 fully saturated rings. The highest BCUT2D eigenvalue weighted by molar-refractivity contribution is 9.10. The van der Waals surface area contributed by atoms with Gasteiger partial charge in [0.05, 0.1) is 12.1 Å². The van der Waals surface area contributed by atoms with Crippen LogP contribution in [0.15, 0.2) is 22.7 Å². The fraction of sp³-hybridized carbons (Fsp3) is 0.417. The van der Waals surface area contributed by atoms with E-state index in [1.54, 1.807) is 0 Å². The van der Waals surface area contributed by atoms with Crippen LogP contribution < -0.4 is 0 Å². The molecule has 4 heteroatoms. The number of rotatable bonds is 2. The van der Waals surface area contributed by atoms with Gasteiger partial charge in [0.2, 0.25) is 0 Å². The number of halogens is 2. The highest BCUT2D eigenvalue weighted by Gasteiger charge is 2.24. The third kappa shape index (κ3) is 2.57. The molecular formula is C12H12BrClN2. The number of benzene rings is 1. The normalized spacial score (nSPS) is 20.9. The Bertz CT molecular complexity index is 428. The second-order valence-electron chi connectivity index (χ2n) is 3.99.